The highest BCUT2D eigenvalue weighted by atomic mass is 16.4. The molecule has 22 heavy (non-hydrogen) atoms. The third-order valence-corrected chi connectivity index (χ3v) is 3.52. The van der Waals surface area contributed by atoms with Crippen molar-refractivity contribution in [1.29, 1.82) is 0 Å². The molecule has 2 aromatic carbocycles. The molecule has 0 saturated heterocycles. The van der Waals surface area contributed by atoms with Crippen LogP contribution in [0.4, 0.5) is 17.4 Å². The summed E-state index contributed by atoms with van der Waals surface area (Å²) in [6.45, 7) is 4.36. The number of benzene rings is 2. The smallest absolute Gasteiger partial charge is 0.299 e. The van der Waals surface area contributed by atoms with Crippen LogP contribution in [0.15, 0.2) is 59.2 Å². The van der Waals surface area contributed by atoms with E-state index in [9.17, 15) is 0 Å². The molecule has 0 aliphatic rings. The van der Waals surface area contributed by atoms with Gasteiger partial charge in [-0.3, -0.25) is 0 Å². The molecule has 0 atom stereocenters. The molecule has 112 valence electrons. The van der Waals surface area contributed by atoms with E-state index in [0.29, 0.717) is 17.6 Å². The standard InChI is InChI=1S/C18H19N3O/c1-12(2)13-6-8-14(9-7-13)17-11-22-18(21-17)20-16-5-3-4-15(19)10-16/h3-12H,19H2,1-2H3,(H,20,21). The fourth-order valence-electron chi connectivity index (χ4n) is 2.24. The van der Waals surface area contributed by atoms with E-state index in [1.807, 2.05) is 24.3 Å². The zero-order chi connectivity index (χ0) is 15.5. The number of nitrogen functional groups attached to an aromatic ring is 1. The van der Waals surface area contributed by atoms with Crippen LogP contribution in [0, 0.1) is 0 Å². The molecule has 3 rings (SSSR count). The molecule has 0 amide bonds. The number of nitrogens with two attached hydrogens (primary N) is 1. The molecule has 0 aliphatic heterocycles. The van der Waals surface area contributed by atoms with Gasteiger partial charge in [-0.15, -0.1) is 0 Å². The van der Waals surface area contributed by atoms with E-state index in [4.69, 9.17) is 10.2 Å². The van der Waals surface area contributed by atoms with Gasteiger partial charge in [0.1, 0.15) is 12.0 Å². The summed E-state index contributed by atoms with van der Waals surface area (Å²) in [5, 5.41) is 3.11. The van der Waals surface area contributed by atoms with Crippen LogP contribution in [0.1, 0.15) is 25.3 Å². The quantitative estimate of drug-likeness (QED) is 0.679. The van der Waals surface area contributed by atoms with Gasteiger partial charge in [0, 0.05) is 16.9 Å². The second kappa shape index (κ2) is 5.93. The van der Waals surface area contributed by atoms with Crippen molar-refractivity contribution in [2.75, 3.05) is 11.1 Å². The number of hydrogen-bond acceptors (Lipinski definition) is 4. The topological polar surface area (TPSA) is 64.1 Å². The molecule has 4 nitrogen and oxygen atoms in total. The molecule has 0 unspecified atom stereocenters. The van der Waals surface area contributed by atoms with Gasteiger partial charge >= 0.3 is 0 Å². The highest BCUT2D eigenvalue weighted by molar-refractivity contribution is 5.63. The van der Waals surface area contributed by atoms with Crippen LogP contribution in [0.5, 0.6) is 0 Å². The summed E-state index contributed by atoms with van der Waals surface area (Å²) in [6, 6.07) is 16.3. The van der Waals surface area contributed by atoms with Crippen molar-refractivity contribution >= 4 is 17.4 Å². The van der Waals surface area contributed by atoms with Crippen molar-refractivity contribution < 1.29 is 4.42 Å². The first kappa shape index (κ1) is 14.2. The third-order valence-electron chi connectivity index (χ3n) is 3.52. The fourth-order valence-corrected chi connectivity index (χ4v) is 2.24. The third kappa shape index (κ3) is 3.11. The van der Waals surface area contributed by atoms with E-state index in [-0.39, 0.29) is 0 Å². The maximum absolute atomic E-state index is 5.76. The summed E-state index contributed by atoms with van der Waals surface area (Å²) < 4.78 is 5.48. The van der Waals surface area contributed by atoms with Crippen molar-refractivity contribution in [2.45, 2.75) is 19.8 Å². The predicted octanol–water partition coefficient (Wildman–Crippen LogP) is 4.79. The van der Waals surface area contributed by atoms with Crippen LogP contribution in [-0.2, 0) is 0 Å². The average molecular weight is 293 g/mol. The molecule has 0 radical (unpaired) electrons. The Morgan fingerprint density at radius 1 is 1.09 bits per heavy atom. The summed E-state index contributed by atoms with van der Waals surface area (Å²) in [6.07, 6.45) is 1.65. The van der Waals surface area contributed by atoms with E-state index in [0.717, 1.165) is 16.9 Å². The lowest BCUT2D eigenvalue weighted by atomic mass is 10.0. The first-order valence-corrected chi connectivity index (χ1v) is 7.30. The van der Waals surface area contributed by atoms with Gasteiger partial charge in [-0.2, -0.15) is 4.98 Å². The van der Waals surface area contributed by atoms with Crippen LogP contribution in [0.25, 0.3) is 11.3 Å². The second-order valence-corrected chi connectivity index (χ2v) is 5.57. The summed E-state index contributed by atoms with van der Waals surface area (Å²) >= 11 is 0. The minimum atomic E-state index is 0.452. The Bertz CT molecular complexity index is 760. The molecular weight excluding hydrogens is 274 g/mol. The minimum Gasteiger partial charge on any atom is -0.431 e. The number of nitrogens with zero attached hydrogens (tertiary/aromatic N) is 1. The van der Waals surface area contributed by atoms with Crippen molar-refractivity contribution in [3.63, 3.8) is 0 Å². The Labute approximate surface area is 130 Å². The summed E-state index contributed by atoms with van der Waals surface area (Å²) in [7, 11) is 0. The van der Waals surface area contributed by atoms with Crippen molar-refractivity contribution in [2.24, 2.45) is 0 Å². The Balaban J connectivity index is 1.78. The second-order valence-electron chi connectivity index (χ2n) is 5.57. The molecular formula is C18H19N3O. The molecule has 3 N–H and O–H groups in total. The van der Waals surface area contributed by atoms with Crippen LogP contribution in [-0.4, -0.2) is 4.98 Å². The molecule has 0 fully saturated rings. The molecule has 0 aliphatic carbocycles. The Morgan fingerprint density at radius 3 is 2.55 bits per heavy atom. The van der Waals surface area contributed by atoms with Crippen LogP contribution in [0.2, 0.25) is 0 Å². The summed E-state index contributed by atoms with van der Waals surface area (Å²) in [4.78, 5) is 4.46. The number of nitrogens with one attached hydrogen (secondary N) is 1. The van der Waals surface area contributed by atoms with Gasteiger partial charge in [0.15, 0.2) is 0 Å². The van der Waals surface area contributed by atoms with Crippen LogP contribution >= 0.6 is 0 Å². The van der Waals surface area contributed by atoms with Crippen molar-refractivity contribution in [3.05, 3.63) is 60.4 Å². The fraction of sp³-hybridized carbons (Fsp3) is 0.167. The van der Waals surface area contributed by atoms with Crippen LogP contribution in [0.3, 0.4) is 0 Å². The van der Waals surface area contributed by atoms with Gasteiger partial charge in [-0.1, -0.05) is 44.2 Å². The van der Waals surface area contributed by atoms with Crippen molar-refractivity contribution in [1.82, 2.24) is 4.98 Å². The zero-order valence-electron chi connectivity index (χ0n) is 12.7. The lowest BCUT2D eigenvalue weighted by Gasteiger charge is -2.05. The predicted molar refractivity (Wildman–Crippen MR) is 90.2 cm³/mol. The molecule has 1 heterocycles. The van der Waals surface area contributed by atoms with Crippen molar-refractivity contribution in [3.8, 4) is 11.3 Å². The molecule has 0 bridgehead atoms. The first-order chi connectivity index (χ1) is 10.6. The molecule has 3 aromatic rings. The van der Waals surface area contributed by atoms with Gasteiger partial charge in [-0.05, 0) is 29.7 Å². The minimum absolute atomic E-state index is 0.452. The van der Waals surface area contributed by atoms with Gasteiger partial charge in [-0.25, -0.2) is 0 Å². The van der Waals surface area contributed by atoms with E-state index in [1.54, 1.807) is 6.26 Å². The molecule has 4 heteroatoms. The first-order valence-electron chi connectivity index (χ1n) is 7.30. The Morgan fingerprint density at radius 2 is 1.86 bits per heavy atom. The number of rotatable bonds is 4. The molecule has 1 aromatic heterocycles. The van der Waals surface area contributed by atoms with Gasteiger partial charge in [0.25, 0.3) is 6.01 Å². The SMILES string of the molecule is CC(C)c1ccc(-c2coc(Nc3cccc(N)c3)n2)cc1. The summed E-state index contributed by atoms with van der Waals surface area (Å²) in [5.41, 5.74) is 10.5. The Kier molecular flexibility index (Phi) is 3.83. The normalized spacial score (nSPS) is 10.9. The molecule has 0 spiro atoms. The summed E-state index contributed by atoms with van der Waals surface area (Å²) in [5.74, 6) is 0.520. The van der Waals surface area contributed by atoms with E-state index in [2.05, 4.69) is 48.4 Å². The van der Waals surface area contributed by atoms with Gasteiger partial charge < -0.3 is 15.5 Å². The number of oxazole rings is 1. The lowest BCUT2D eigenvalue weighted by molar-refractivity contribution is 0.578. The molecule has 0 saturated carbocycles. The Hall–Kier alpha value is -2.75. The zero-order valence-corrected chi connectivity index (χ0v) is 12.7. The van der Waals surface area contributed by atoms with E-state index < -0.39 is 0 Å². The maximum Gasteiger partial charge on any atom is 0.299 e. The highest BCUT2D eigenvalue weighted by Gasteiger charge is 2.07. The lowest BCUT2D eigenvalue weighted by Crippen LogP contribution is -1.92. The van der Waals surface area contributed by atoms with Gasteiger partial charge in [0.05, 0.1) is 0 Å². The number of hydrogen-bond donors (Lipinski definition) is 2. The van der Waals surface area contributed by atoms with Gasteiger partial charge in [0.2, 0.25) is 0 Å². The van der Waals surface area contributed by atoms with E-state index in [1.165, 1.54) is 5.56 Å². The average Bonchev–Trinajstić information content (AvgIpc) is 2.96. The monoisotopic (exact) mass is 293 g/mol. The largest absolute Gasteiger partial charge is 0.431 e. The number of anilines is 3. The van der Waals surface area contributed by atoms with Crippen LogP contribution < -0.4 is 11.1 Å². The maximum atomic E-state index is 5.76. The van der Waals surface area contributed by atoms with E-state index >= 15 is 0 Å². The number of aromatic nitrogens is 1. The highest BCUT2D eigenvalue weighted by Crippen LogP contribution is 2.25.